The summed E-state index contributed by atoms with van der Waals surface area (Å²) in [5.41, 5.74) is 3.72. The average molecular weight is 301 g/mol. The zero-order valence-corrected chi connectivity index (χ0v) is 13.0. The van der Waals surface area contributed by atoms with Crippen LogP contribution in [0.25, 0.3) is 0 Å². The van der Waals surface area contributed by atoms with E-state index in [4.69, 9.17) is 4.74 Å². The van der Waals surface area contributed by atoms with Crippen LogP contribution in [0.15, 0.2) is 18.2 Å². The Labute approximate surface area is 131 Å². The molecule has 1 aromatic rings. The van der Waals surface area contributed by atoms with Gasteiger partial charge in [0.05, 0.1) is 13.2 Å². The first-order chi connectivity index (χ1) is 10.8. The number of hydrogen-bond acceptors (Lipinski definition) is 3. The molecule has 0 saturated carbocycles. The van der Waals surface area contributed by atoms with Crippen LogP contribution in [0.3, 0.4) is 0 Å². The maximum Gasteiger partial charge on any atom is 0.324 e. The Morgan fingerprint density at radius 1 is 1.00 bits per heavy atom. The third kappa shape index (κ3) is 2.43. The van der Waals surface area contributed by atoms with Gasteiger partial charge in [-0.3, -0.25) is 4.90 Å². The average Bonchev–Trinajstić information content (AvgIpc) is 3.24. The Morgan fingerprint density at radius 3 is 2.55 bits per heavy atom. The van der Waals surface area contributed by atoms with Crippen molar-refractivity contribution in [2.45, 2.75) is 19.3 Å². The van der Waals surface area contributed by atoms with Gasteiger partial charge in [0, 0.05) is 44.1 Å². The van der Waals surface area contributed by atoms with Gasteiger partial charge in [-0.05, 0) is 43.0 Å². The smallest absolute Gasteiger partial charge is 0.324 e. The van der Waals surface area contributed by atoms with Gasteiger partial charge in [0.1, 0.15) is 0 Å². The van der Waals surface area contributed by atoms with Crippen molar-refractivity contribution in [3.63, 3.8) is 0 Å². The second kappa shape index (κ2) is 5.80. The maximum atomic E-state index is 12.7. The third-order valence-corrected chi connectivity index (χ3v) is 4.94. The van der Waals surface area contributed by atoms with E-state index < -0.39 is 0 Å². The lowest BCUT2D eigenvalue weighted by molar-refractivity contribution is 0.0550. The SMILES string of the molecule is O=C(N1CCOCC1)N1CCc2cc(N3CCCC3)ccc21. The van der Waals surface area contributed by atoms with Crippen molar-refractivity contribution in [3.05, 3.63) is 23.8 Å². The number of rotatable bonds is 1. The molecule has 0 unspecified atom stereocenters. The van der Waals surface area contributed by atoms with E-state index in [0.717, 1.165) is 31.7 Å². The van der Waals surface area contributed by atoms with Crippen molar-refractivity contribution >= 4 is 17.4 Å². The molecule has 0 spiro atoms. The fourth-order valence-electron chi connectivity index (χ4n) is 3.68. The second-order valence-electron chi connectivity index (χ2n) is 6.29. The van der Waals surface area contributed by atoms with E-state index in [1.54, 1.807) is 0 Å². The molecule has 118 valence electrons. The van der Waals surface area contributed by atoms with Crippen molar-refractivity contribution < 1.29 is 9.53 Å². The molecule has 0 bridgehead atoms. The Bertz CT molecular complexity index is 563. The first-order valence-electron chi connectivity index (χ1n) is 8.35. The number of nitrogens with zero attached hydrogens (tertiary/aromatic N) is 3. The Balaban J connectivity index is 1.53. The molecular formula is C17H23N3O2. The summed E-state index contributed by atoms with van der Waals surface area (Å²) in [5.74, 6) is 0. The van der Waals surface area contributed by atoms with Gasteiger partial charge >= 0.3 is 6.03 Å². The van der Waals surface area contributed by atoms with Crippen LogP contribution in [-0.4, -0.2) is 56.9 Å². The standard InChI is InChI=1S/C17H23N3O2/c21-17(19-9-11-22-12-10-19)20-8-5-14-13-15(3-4-16(14)20)18-6-1-2-7-18/h3-4,13H,1-2,5-12H2. The molecule has 2 fully saturated rings. The number of anilines is 2. The maximum absolute atomic E-state index is 12.7. The summed E-state index contributed by atoms with van der Waals surface area (Å²) in [7, 11) is 0. The zero-order valence-electron chi connectivity index (χ0n) is 13.0. The predicted octanol–water partition coefficient (Wildman–Crippen LogP) is 2.10. The highest BCUT2D eigenvalue weighted by Gasteiger charge is 2.29. The molecule has 1 aromatic carbocycles. The van der Waals surface area contributed by atoms with Crippen LogP contribution in [-0.2, 0) is 11.2 Å². The lowest BCUT2D eigenvalue weighted by atomic mass is 10.1. The summed E-state index contributed by atoms with van der Waals surface area (Å²) in [6.45, 7) is 5.84. The molecule has 2 saturated heterocycles. The van der Waals surface area contributed by atoms with E-state index >= 15 is 0 Å². The number of benzene rings is 1. The van der Waals surface area contributed by atoms with Crippen molar-refractivity contribution in [3.8, 4) is 0 Å². The molecule has 0 N–H and O–H groups in total. The van der Waals surface area contributed by atoms with E-state index in [1.165, 1.54) is 24.1 Å². The highest BCUT2D eigenvalue weighted by molar-refractivity contribution is 5.94. The molecular weight excluding hydrogens is 278 g/mol. The van der Waals surface area contributed by atoms with Gasteiger partial charge in [0.25, 0.3) is 0 Å². The fraction of sp³-hybridized carbons (Fsp3) is 0.588. The van der Waals surface area contributed by atoms with Crippen LogP contribution in [0.4, 0.5) is 16.2 Å². The summed E-state index contributed by atoms with van der Waals surface area (Å²) in [4.78, 5) is 19.0. The van der Waals surface area contributed by atoms with Crippen LogP contribution in [0.2, 0.25) is 0 Å². The molecule has 3 aliphatic heterocycles. The molecule has 0 radical (unpaired) electrons. The zero-order chi connectivity index (χ0) is 14.9. The first kappa shape index (κ1) is 13.9. The minimum Gasteiger partial charge on any atom is -0.378 e. The molecule has 4 rings (SSSR count). The Kier molecular flexibility index (Phi) is 3.66. The van der Waals surface area contributed by atoms with Gasteiger partial charge in [-0.2, -0.15) is 0 Å². The highest BCUT2D eigenvalue weighted by Crippen LogP contribution is 2.33. The summed E-state index contributed by atoms with van der Waals surface area (Å²) >= 11 is 0. The number of carbonyl (C=O) groups excluding carboxylic acids is 1. The first-order valence-corrected chi connectivity index (χ1v) is 8.35. The molecule has 0 atom stereocenters. The van der Waals surface area contributed by atoms with Gasteiger partial charge < -0.3 is 14.5 Å². The van der Waals surface area contributed by atoms with Crippen LogP contribution >= 0.6 is 0 Å². The van der Waals surface area contributed by atoms with E-state index in [-0.39, 0.29) is 6.03 Å². The van der Waals surface area contributed by atoms with E-state index in [0.29, 0.717) is 26.3 Å². The van der Waals surface area contributed by atoms with Crippen LogP contribution in [0.5, 0.6) is 0 Å². The van der Waals surface area contributed by atoms with Gasteiger partial charge in [-0.25, -0.2) is 4.79 Å². The minimum absolute atomic E-state index is 0.135. The number of carbonyl (C=O) groups is 1. The topological polar surface area (TPSA) is 36.0 Å². The molecule has 5 nitrogen and oxygen atoms in total. The third-order valence-electron chi connectivity index (χ3n) is 4.94. The van der Waals surface area contributed by atoms with Crippen molar-refractivity contribution in [1.82, 2.24) is 4.90 Å². The van der Waals surface area contributed by atoms with Crippen molar-refractivity contribution in [2.75, 3.05) is 55.7 Å². The predicted molar refractivity (Wildman–Crippen MR) is 86.7 cm³/mol. The number of hydrogen-bond donors (Lipinski definition) is 0. The molecule has 22 heavy (non-hydrogen) atoms. The Hall–Kier alpha value is -1.75. The summed E-state index contributed by atoms with van der Waals surface area (Å²) in [6.07, 6.45) is 3.55. The Morgan fingerprint density at radius 2 is 1.77 bits per heavy atom. The summed E-state index contributed by atoms with van der Waals surface area (Å²) in [5, 5.41) is 0. The van der Waals surface area contributed by atoms with Gasteiger partial charge in [-0.15, -0.1) is 0 Å². The summed E-state index contributed by atoms with van der Waals surface area (Å²) < 4.78 is 5.34. The highest BCUT2D eigenvalue weighted by atomic mass is 16.5. The quantitative estimate of drug-likeness (QED) is 0.797. The van der Waals surface area contributed by atoms with Crippen molar-refractivity contribution in [2.24, 2.45) is 0 Å². The number of ether oxygens (including phenoxy) is 1. The van der Waals surface area contributed by atoms with E-state index in [1.807, 2.05) is 9.80 Å². The lowest BCUT2D eigenvalue weighted by Crippen LogP contribution is -2.47. The van der Waals surface area contributed by atoms with E-state index in [2.05, 4.69) is 23.1 Å². The van der Waals surface area contributed by atoms with E-state index in [9.17, 15) is 4.79 Å². The number of urea groups is 1. The largest absolute Gasteiger partial charge is 0.378 e. The molecule has 5 heteroatoms. The molecule has 2 amide bonds. The van der Waals surface area contributed by atoms with Gasteiger partial charge in [0.15, 0.2) is 0 Å². The van der Waals surface area contributed by atoms with Crippen LogP contribution < -0.4 is 9.80 Å². The molecule has 3 aliphatic rings. The van der Waals surface area contributed by atoms with Crippen LogP contribution in [0.1, 0.15) is 18.4 Å². The van der Waals surface area contributed by atoms with Gasteiger partial charge in [0.2, 0.25) is 0 Å². The fourth-order valence-corrected chi connectivity index (χ4v) is 3.68. The minimum atomic E-state index is 0.135. The monoisotopic (exact) mass is 301 g/mol. The van der Waals surface area contributed by atoms with Gasteiger partial charge in [-0.1, -0.05) is 0 Å². The lowest BCUT2D eigenvalue weighted by Gasteiger charge is -2.31. The molecule has 3 heterocycles. The number of amides is 2. The molecule has 0 aliphatic carbocycles. The summed E-state index contributed by atoms with van der Waals surface area (Å²) in [6, 6.07) is 6.73. The second-order valence-corrected chi connectivity index (χ2v) is 6.29. The number of fused-ring (bicyclic) bond motifs is 1. The normalized spacial score (nSPS) is 21.4. The number of morpholine rings is 1. The molecule has 0 aromatic heterocycles. The van der Waals surface area contributed by atoms with Crippen LogP contribution in [0, 0.1) is 0 Å². The van der Waals surface area contributed by atoms with Crippen molar-refractivity contribution in [1.29, 1.82) is 0 Å².